The molecular formula is C18H24N2O4. The van der Waals surface area contributed by atoms with E-state index in [0.29, 0.717) is 26.1 Å². The third kappa shape index (κ3) is 3.53. The van der Waals surface area contributed by atoms with Crippen molar-refractivity contribution in [1.29, 1.82) is 0 Å². The monoisotopic (exact) mass is 332 g/mol. The molecule has 1 fully saturated rings. The number of carbonyl (C=O) groups is 2. The molecule has 2 aliphatic heterocycles. The van der Waals surface area contributed by atoms with Crippen molar-refractivity contribution in [2.24, 2.45) is 0 Å². The normalized spacial score (nSPS) is 18.9. The number of carbonyl (C=O) groups excluding carboxylic acids is 1. The van der Waals surface area contributed by atoms with Gasteiger partial charge in [0.25, 0.3) is 0 Å². The van der Waals surface area contributed by atoms with Gasteiger partial charge in [0.15, 0.2) is 0 Å². The lowest BCUT2D eigenvalue weighted by molar-refractivity contribution is -0.137. The molecule has 3 rings (SSSR count). The summed E-state index contributed by atoms with van der Waals surface area (Å²) in [7, 11) is 0. The summed E-state index contributed by atoms with van der Waals surface area (Å²) >= 11 is 0. The first-order valence-corrected chi connectivity index (χ1v) is 8.58. The Morgan fingerprint density at radius 3 is 2.75 bits per heavy atom. The predicted octanol–water partition coefficient (Wildman–Crippen LogP) is 2.12. The zero-order valence-electron chi connectivity index (χ0n) is 13.8. The summed E-state index contributed by atoms with van der Waals surface area (Å²) in [6.45, 7) is 2.43. The molecule has 0 bridgehead atoms. The third-order valence-electron chi connectivity index (χ3n) is 4.96. The van der Waals surface area contributed by atoms with Crippen LogP contribution in [0.1, 0.15) is 36.8 Å². The molecule has 1 aromatic rings. The van der Waals surface area contributed by atoms with E-state index in [2.05, 4.69) is 29.6 Å². The lowest BCUT2D eigenvalue weighted by Crippen LogP contribution is -2.51. The van der Waals surface area contributed by atoms with Crippen molar-refractivity contribution in [1.82, 2.24) is 10.2 Å². The number of nitrogens with one attached hydrogen (secondary N) is 1. The molecule has 2 heterocycles. The molecule has 0 radical (unpaired) electrons. The summed E-state index contributed by atoms with van der Waals surface area (Å²) in [4.78, 5) is 24.5. The van der Waals surface area contributed by atoms with Crippen LogP contribution in [-0.4, -0.2) is 48.2 Å². The molecule has 1 aromatic carbocycles. The van der Waals surface area contributed by atoms with Crippen molar-refractivity contribution in [3.63, 3.8) is 0 Å². The van der Waals surface area contributed by atoms with Gasteiger partial charge in [0.1, 0.15) is 0 Å². The molecule has 2 aliphatic rings. The number of hydrogen-bond acceptors (Lipinski definition) is 3. The fraction of sp³-hybridized carbons (Fsp3) is 0.556. The molecule has 6 nitrogen and oxygen atoms in total. The number of carboxylic acid groups (broad SMARTS) is 1. The molecule has 0 aliphatic carbocycles. The molecule has 6 heteroatoms. The van der Waals surface area contributed by atoms with E-state index in [0.717, 1.165) is 25.9 Å². The molecule has 1 spiro atoms. The highest BCUT2D eigenvalue weighted by Gasteiger charge is 2.41. The van der Waals surface area contributed by atoms with Crippen molar-refractivity contribution in [2.45, 2.75) is 37.7 Å². The van der Waals surface area contributed by atoms with Crippen molar-refractivity contribution in [3.8, 4) is 0 Å². The Morgan fingerprint density at radius 2 is 2.00 bits per heavy atom. The average Bonchev–Trinajstić information content (AvgIpc) is 2.59. The second-order valence-corrected chi connectivity index (χ2v) is 6.47. The van der Waals surface area contributed by atoms with Gasteiger partial charge in [-0.2, -0.15) is 0 Å². The van der Waals surface area contributed by atoms with Gasteiger partial charge in [-0.05, 0) is 36.8 Å². The number of hydrogen-bond donors (Lipinski definition) is 2. The fourth-order valence-electron chi connectivity index (χ4n) is 3.65. The smallest absolute Gasteiger partial charge is 0.317 e. The van der Waals surface area contributed by atoms with Gasteiger partial charge in [0.05, 0.1) is 12.2 Å². The fourth-order valence-corrected chi connectivity index (χ4v) is 3.65. The highest BCUT2D eigenvalue weighted by molar-refractivity contribution is 5.74. The van der Waals surface area contributed by atoms with Crippen LogP contribution in [0.4, 0.5) is 4.79 Å². The first-order valence-electron chi connectivity index (χ1n) is 8.58. The van der Waals surface area contributed by atoms with Gasteiger partial charge in [-0.3, -0.25) is 4.79 Å². The summed E-state index contributed by atoms with van der Waals surface area (Å²) in [6, 6.07) is 8.32. The second-order valence-electron chi connectivity index (χ2n) is 6.47. The highest BCUT2D eigenvalue weighted by Crippen LogP contribution is 2.41. The van der Waals surface area contributed by atoms with Crippen LogP contribution < -0.4 is 5.32 Å². The topological polar surface area (TPSA) is 78.9 Å². The van der Waals surface area contributed by atoms with E-state index < -0.39 is 5.97 Å². The summed E-state index contributed by atoms with van der Waals surface area (Å²) in [5, 5.41) is 11.4. The van der Waals surface area contributed by atoms with E-state index in [-0.39, 0.29) is 18.1 Å². The SMILES string of the molecule is O=C(O)CCCNC(=O)N1CCC2(CC1)OCCc1ccccc12. The molecule has 2 amide bonds. The van der Waals surface area contributed by atoms with Crippen LogP contribution in [0.3, 0.4) is 0 Å². The number of fused-ring (bicyclic) bond motifs is 2. The van der Waals surface area contributed by atoms with Gasteiger partial charge in [-0.1, -0.05) is 24.3 Å². The minimum Gasteiger partial charge on any atom is -0.481 e. The molecule has 24 heavy (non-hydrogen) atoms. The molecule has 0 atom stereocenters. The average molecular weight is 332 g/mol. The Kier molecular flexibility index (Phi) is 5.04. The second kappa shape index (κ2) is 7.21. The van der Waals surface area contributed by atoms with Crippen molar-refractivity contribution in [3.05, 3.63) is 35.4 Å². The maximum atomic E-state index is 12.2. The minimum atomic E-state index is -0.836. The lowest BCUT2D eigenvalue weighted by Gasteiger charge is -2.45. The van der Waals surface area contributed by atoms with Crippen LogP contribution in [0.25, 0.3) is 0 Å². The number of urea groups is 1. The predicted molar refractivity (Wildman–Crippen MR) is 88.9 cm³/mol. The summed E-state index contributed by atoms with van der Waals surface area (Å²) in [5.74, 6) is -0.836. The number of benzene rings is 1. The Hall–Kier alpha value is -2.08. The van der Waals surface area contributed by atoms with Crippen LogP contribution in [0, 0.1) is 0 Å². The number of piperidine rings is 1. The number of aliphatic carboxylic acids is 1. The van der Waals surface area contributed by atoms with E-state index in [1.165, 1.54) is 11.1 Å². The highest BCUT2D eigenvalue weighted by atomic mass is 16.5. The van der Waals surface area contributed by atoms with Crippen LogP contribution >= 0.6 is 0 Å². The molecular weight excluding hydrogens is 308 g/mol. The minimum absolute atomic E-state index is 0.0774. The number of amides is 2. The van der Waals surface area contributed by atoms with Gasteiger partial charge < -0.3 is 20.1 Å². The standard InChI is InChI=1S/C18H24N2O4/c21-16(22)6-3-10-19-17(23)20-11-8-18(9-12-20)15-5-2-1-4-14(15)7-13-24-18/h1-2,4-5H,3,6-13H2,(H,19,23)(H,21,22). The number of likely N-dealkylation sites (tertiary alicyclic amines) is 1. The Balaban J connectivity index is 1.55. The van der Waals surface area contributed by atoms with Crippen LogP contribution in [0.15, 0.2) is 24.3 Å². The zero-order chi connectivity index (χ0) is 17.0. The summed E-state index contributed by atoms with van der Waals surface area (Å²) in [6.07, 6.45) is 3.08. The van der Waals surface area contributed by atoms with E-state index in [1.807, 2.05) is 0 Å². The van der Waals surface area contributed by atoms with Crippen LogP contribution in [0.2, 0.25) is 0 Å². The van der Waals surface area contributed by atoms with E-state index in [4.69, 9.17) is 9.84 Å². The first-order chi connectivity index (χ1) is 11.6. The van der Waals surface area contributed by atoms with Gasteiger partial charge in [0.2, 0.25) is 0 Å². The van der Waals surface area contributed by atoms with Crippen molar-refractivity contribution < 1.29 is 19.4 Å². The Morgan fingerprint density at radius 1 is 1.25 bits per heavy atom. The van der Waals surface area contributed by atoms with Crippen LogP contribution in [-0.2, 0) is 21.6 Å². The molecule has 1 saturated heterocycles. The molecule has 2 N–H and O–H groups in total. The number of rotatable bonds is 4. The van der Waals surface area contributed by atoms with Gasteiger partial charge in [-0.15, -0.1) is 0 Å². The quantitative estimate of drug-likeness (QED) is 0.828. The van der Waals surface area contributed by atoms with Gasteiger partial charge in [0, 0.05) is 26.1 Å². The van der Waals surface area contributed by atoms with Gasteiger partial charge >= 0.3 is 12.0 Å². The van der Waals surface area contributed by atoms with E-state index in [9.17, 15) is 9.59 Å². The molecule has 0 aromatic heterocycles. The van der Waals surface area contributed by atoms with Crippen LogP contribution in [0.5, 0.6) is 0 Å². The summed E-state index contributed by atoms with van der Waals surface area (Å²) in [5.41, 5.74) is 2.38. The zero-order valence-corrected chi connectivity index (χ0v) is 13.8. The lowest BCUT2D eigenvalue weighted by atomic mass is 9.79. The van der Waals surface area contributed by atoms with E-state index in [1.54, 1.807) is 4.90 Å². The Bertz CT molecular complexity index is 609. The largest absolute Gasteiger partial charge is 0.481 e. The van der Waals surface area contributed by atoms with E-state index >= 15 is 0 Å². The van der Waals surface area contributed by atoms with Crippen molar-refractivity contribution in [2.75, 3.05) is 26.2 Å². The van der Waals surface area contributed by atoms with Crippen molar-refractivity contribution >= 4 is 12.0 Å². The maximum absolute atomic E-state index is 12.2. The molecule has 0 saturated carbocycles. The summed E-state index contributed by atoms with van der Waals surface area (Å²) < 4.78 is 6.16. The molecule has 0 unspecified atom stereocenters. The number of carboxylic acids is 1. The third-order valence-corrected chi connectivity index (χ3v) is 4.96. The maximum Gasteiger partial charge on any atom is 0.317 e. The Labute approximate surface area is 141 Å². The van der Waals surface area contributed by atoms with Gasteiger partial charge in [-0.25, -0.2) is 4.79 Å². The first kappa shape index (κ1) is 16.8. The number of nitrogens with zero attached hydrogens (tertiary/aromatic N) is 1. The molecule has 130 valence electrons. The number of ether oxygens (including phenoxy) is 1.